The zero-order chi connectivity index (χ0) is 15.3. The Morgan fingerprint density at radius 3 is 2.30 bits per heavy atom. The van der Waals surface area contributed by atoms with Crippen LogP contribution in [0.1, 0.15) is 32.3 Å². The van der Waals surface area contributed by atoms with Crippen LogP contribution < -0.4 is 5.32 Å². The summed E-state index contributed by atoms with van der Waals surface area (Å²) in [7, 11) is 0. The molecule has 0 saturated carbocycles. The fraction of sp³-hybridized carbons (Fsp3) is 0.429. The maximum atomic E-state index is 12.0. The molecule has 4 nitrogen and oxygen atoms in total. The Hall–Kier alpha value is -1.26. The van der Waals surface area contributed by atoms with Crippen LogP contribution in [0.3, 0.4) is 0 Å². The number of hydrogen-bond acceptors (Lipinski definition) is 2. The number of nitrogens with one attached hydrogen (secondary N) is 1. The van der Waals surface area contributed by atoms with Gasteiger partial charge >= 0.3 is 5.97 Å². The molecule has 0 aliphatic rings. The average molecular weight is 318 g/mol. The van der Waals surface area contributed by atoms with Crippen LogP contribution >= 0.6 is 23.2 Å². The van der Waals surface area contributed by atoms with E-state index in [1.165, 1.54) is 0 Å². The molecule has 2 N–H and O–H groups in total. The highest BCUT2D eigenvalue weighted by Crippen LogP contribution is 2.22. The third-order valence-electron chi connectivity index (χ3n) is 3.36. The number of carbonyl (C=O) groups is 2. The van der Waals surface area contributed by atoms with E-state index >= 15 is 0 Å². The van der Waals surface area contributed by atoms with Crippen LogP contribution in [0, 0.1) is 0 Å². The van der Waals surface area contributed by atoms with Crippen molar-refractivity contribution in [3.8, 4) is 0 Å². The molecular weight excluding hydrogens is 301 g/mol. The predicted octanol–water partition coefficient (Wildman–Crippen LogP) is 3.30. The standard InChI is InChI=1S/C14H17Cl2NO3/c1-3-14(4-2,13(19)20)17-12(18)7-9-5-6-10(15)8-11(9)16/h5-6,8H,3-4,7H2,1-2H3,(H,17,18)(H,19,20). The van der Waals surface area contributed by atoms with E-state index in [1.807, 2.05) is 0 Å². The molecule has 0 atom stereocenters. The fourth-order valence-electron chi connectivity index (χ4n) is 1.93. The smallest absolute Gasteiger partial charge is 0.329 e. The van der Waals surface area contributed by atoms with E-state index < -0.39 is 11.5 Å². The van der Waals surface area contributed by atoms with Gasteiger partial charge in [-0.15, -0.1) is 0 Å². The summed E-state index contributed by atoms with van der Waals surface area (Å²) in [5.74, 6) is -1.40. The van der Waals surface area contributed by atoms with Crippen LogP contribution in [0.5, 0.6) is 0 Å². The second kappa shape index (κ2) is 6.95. The van der Waals surface area contributed by atoms with E-state index in [0.29, 0.717) is 28.5 Å². The summed E-state index contributed by atoms with van der Waals surface area (Å²) in [6.07, 6.45) is 0.656. The average Bonchev–Trinajstić information content (AvgIpc) is 2.39. The number of halogens is 2. The molecule has 0 saturated heterocycles. The topological polar surface area (TPSA) is 66.4 Å². The van der Waals surface area contributed by atoms with Crippen molar-refractivity contribution in [1.29, 1.82) is 0 Å². The molecule has 1 rings (SSSR count). The molecular formula is C14H17Cl2NO3. The highest BCUT2D eigenvalue weighted by molar-refractivity contribution is 6.35. The van der Waals surface area contributed by atoms with Gasteiger partial charge in [-0.05, 0) is 30.5 Å². The lowest BCUT2D eigenvalue weighted by atomic mass is 9.92. The second-order valence-corrected chi connectivity index (χ2v) is 5.40. The maximum absolute atomic E-state index is 12.0. The van der Waals surface area contributed by atoms with Crippen molar-refractivity contribution in [1.82, 2.24) is 5.32 Å². The van der Waals surface area contributed by atoms with Crippen LogP contribution in [-0.2, 0) is 16.0 Å². The number of amides is 1. The number of benzene rings is 1. The largest absolute Gasteiger partial charge is 0.480 e. The first-order chi connectivity index (χ1) is 9.34. The van der Waals surface area contributed by atoms with Crippen molar-refractivity contribution < 1.29 is 14.7 Å². The Morgan fingerprint density at radius 1 is 1.25 bits per heavy atom. The molecule has 110 valence electrons. The Labute approximate surface area is 128 Å². The van der Waals surface area contributed by atoms with Crippen molar-refractivity contribution in [3.05, 3.63) is 33.8 Å². The van der Waals surface area contributed by atoms with Gasteiger partial charge in [0.25, 0.3) is 0 Å². The van der Waals surface area contributed by atoms with Crippen LogP contribution in [0.4, 0.5) is 0 Å². The van der Waals surface area contributed by atoms with Gasteiger partial charge in [-0.25, -0.2) is 4.79 Å². The summed E-state index contributed by atoms with van der Waals surface area (Å²) in [6.45, 7) is 3.46. The molecule has 0 spiro atoms. The molecule has 20 heavy (non-hydrogen) atoms. The van der Waals surface area contributed by atoms with Gasteiger partial charge in [0, 0.05) is 10.0 Å². The van der Waals surface area contributed by atoms with Gasteiger partial charge in [0.1, 0.15) is 5.54 Å². The molecule has 0 aliphatic heterocycles. The van der Waals surface area contributed by atoms with Gasteiger partial charge in [-0.3, -0.25) is 4.79 Å². The summed E-state index contributed by atoms with van der Waals surface area (Å²) in [5, 5.41) is 12.7. The minimum Gasteiger partial charge on any atom is -0.480 e. The van der Waals surface area contributed by atoms with Gasteiger partial charge in [0.2, 0.25) is 5.91 Å². The highest BCUT2D eigenvalue weighted by Gasteiger charge is 2.36. The highest BCUT2D eigenvalue weighted by atomic mass is 35.5. The first kappa shape index (κ1) is 16.8. The quantitative estimate of drug-likeness (QED) is 0.846. The molecule has 1 aromatic carbocycles. The fourth-order valence-corrected chi connectivity index (χ4v) is 2.41. The van der Waals surface area contributed by atoms with Gasteiger partial charge < -0.3 is 10.4 Å². The van der Waals surface area contributed by atoms with Gasteiger partial charge in [-0.1, -0.05) is 43.1 Å². The van der Waals surface area contributed by atoms with Gasteiger partial charge in [0.05, 0.1) is 6.42 Å². The number of aliphatic carboxylic acids is 1. The third kappa shape index (κ3) is 3.87. The molecule has 0 aliphatic carbocycles. The monoisotopic (exact) mass is 317 g/mol. The Balaban J connectivity index is 2.83. The summed E-state index contributed by atoms with van der Waals surface area (Å²) in [5.41, 5.74) is -0.615. The summed E-state index contributed by atoms with van der Waals surface area (Å²) >= 11 is 11.8. The number of hydrogen-bond donors (Lipinski definition) is 2. The van der Waals surface area contributed by atoms with E-state index in [-0.39, 0.29) is 12.3 Å². The third-order valence-corrected chi connectivity index (χ3v) is 3.95. The van der Waals surface area contributed by atoms with E-state index in [2.05, 4.69) is 5.32 Å². The minimum atomic E-state index is -1.23. The molecule has 6 heteroatoms. The Morgan fingerprint density at radius 2 is 1.85 bits per heavy atom. The maximum Gasteiger partial charge on any atom is 0.329 e. The van der Waals surface area contributed by atoms with Crippen molar-refractivity contribution in [3.63, 3.8) is 0 Å². The Kier molecular flexibility index (Phi) is 5.84. The van der Waals surface area contributed by atoms with Crippen LogP contribution in [0.25, 0.3) is 0 Å². The lowest BCUT2D eigenvalue weighted by Gasteiger charge is -2.28. The van der Waals surface area contributed by atoms with Crippen LogP contribution in [0.15, 0.2) is 18.2 Å². The Bertz CT molecular complexity index is 513. The van der Waals surface area contributed by atoms with E-state index in [9.17, 15) is 14.7 Å². The van der Waals surface area contributed by atoms with E-state index in [4.69, 9.17) is 23.2 Å². The van der Waals surface area contributed by atoms with Crippen LogP contribution in [-0.4, -0.2) is 22.5 Å². The van der Waals surface area contributed by atoms with Crippen molar-refractivity contribution in [2.75, 3.05) is 0 Å². The van der Waals surface area contributed by atoms with Gasteiger partial charge in [-0.2, -0.15) is 0 Å². The SMILES string of the molecule is CCC(CC)(NC(=O)Cc1ccc(Cl)cc1Cl)C(=O)O. The number of carboxylic acid groups (broad SMARTS) is 1. The zero-order valence-corrected chi connectivity index (χ0v) is 12.9. The summed E-state index contributed by atoms with van der Waals surface area (Å²) in [4.78, 5) is 23.3. The number of carbonyl (C=O) groups excluding carboxylic acids is 1. The lowest BCUT2D eigenvalue weighted by Crippen LogP contribution is -2.54. The second-order valence-electron chi connectivity index (χ2n) is 4.56. The molecule has 0 heterocycles. The molecule has 0 fully saturated rings. The molecule has 0 radical (unpaired) electrons. The molecule has 0 bridgehead atoms. The summed E-state index contributed by atoms with van der Waals surface area (Å²) in [6, 6.07) is 4.85. The molecule has 1 aromatic rings. The van der Waals surface area contributed by atoms with Crippen molar-refractivity contribution in [2.45, 2.75) is 38.6 Å². The summed E-state index contributed by atoms with van der Waals surface area (Å²) < 4.78 is 0. The van der Waals surface area contributed by atoms with Crippen molar-refractivity contribution in [2.24, 2.45) is 0 Å². The van der Waals surface area contributed by atoms with Crippen molar-refractivity contribution >= 4 is 35.1 Å². The minimum absolute atomic E-state index is 0.0189. The van der Waals surface area contributed by atoms with Gasteiger partial charge in [0.15, 0.2) is 0 Å². The first-order valence-electron chi connectivity index (χ1n) is 6.33. The van der Waals surface area contributed by atoms with Crippen LogP contribution in [0.2, 0.25) is 10.0 Å². The first-order valence-corrected chi connectivity index (χ1v) is 7.08. The van der Waals surface area contributed by atoms with E-state index in [1.54, 1.807) is 32.0 Å². The van der Waals surface area contributed by atoms with E-state index in [0.717, 1.165) is 0 Å². The predicted molar refractivity (Wildman–Crippen MR) is 79.3 cm³/mol. The number of carboxylic acids is 1. The molecule has 1 amide bonds. The normalized spacial score (nSPS) is 11.2. The number of rotatable bonds is 6. The zero-order valence-electron chi connectivity index (χ0n) is 11.4. The lowest BCUT2D eigenvalue weighted by molar-refractivity contribution is -0.148. The molecule has 0 aromatic heterocycles. The molecule has 0 unspecified atom stereocenters.